The summed E-state index contributed by atoms with van der Waals surface area (Å²) < 4.78 is 28.1. The SMILES string of the molecule is CCOC(=O)C(N)C(=O)NCC(O)C(F)F. The van der Waals surface area contributed by atoms with Crippen LogP contribution >= 0.6 is 0 Å². The van der Waals surface area contributed by atoms with E-state index in [1.54, 1.807) is 0 Å². The average Bonchev–Trinajstić information content (AvgIpc) is 2.24. The van der Waals surface area contributed by atoms with Crippen LogP contribution < -0.4 is 11.1 Å². The summed E-state index contributed by atoms with van der Waals surface area (Å²) in [5, 5.41) is 10.6. The lowest BCUT2D eigenvalue weighted by Gasteiger charge is -2.13. The summed E-state index contributed by atoms with van der Waals surface area (Å²) in [5.41, 5.74) is 5.15. The highest BCUT2D eigenvalue weighted by Crippen LogP contribution is 1.98. The molecule has 0 aliphatic carbocycles. The molecule has 0 aromatic rings. The van der Waals surface area contributed by atoms with Crippen molar-refractivity contribution in [2.45, 2.75) is 25.5 Å². The molecule has 16 heavy (non-hydrogen) atoms. The number of aliphatic hydroxyl groups excluding tert-OH is 1. The minimum Gasteiger partial charge on any atom is -0.464 e. The quantitative estimate of drug-likeness (QED) is 0.392. The van der Waals surface area contributed by atoms with Crippen molar-refractivity contribution in [2.24, 2.45) is 5.73 Å². The third-order valence-corrected chi connectivity index (χ3v) is 1.60. The van der Waals surface area contributed by atoms with Gasteiger partial charge in [0.25, 0.3) is 6.43 Å². The molecule has 0 bridgehead atoms. The standard InChI is InChI=1S/C8H14F2N2O4/c1-2-16-8(15)5(11)7(14)12-3-4(13)6(9)10/h4-6,13H,2-3,11H2,1H3,(H,12,14). The second-order valence-electron chi connectivity index (χ2n) is 2.88. The van der Waals surface area contributed by atoms with Gasteiger partial charge in [0.15, 0.2) is 6.04 Å². The number of rotatable bonds is 6. The third kappa shape index (κ3) is 4.99. The van der Waals surface area contributed by atoms with Crippen LogP contribution in [0.25, 0.3) is 0 Å². The number of carbonyl (C=O) groups is 2. The lowest BCUT2D eigenvalue weighted by molar-refractivity contribution is -0.148. The molecule has 0 saturated carbocycles. The lowest BCUT2D eigenvalue weighted by Crippen LogP contribution is -2.49. The Morgan fingerprint density at radius 2 is 2.06 bits per heavy atom. The van der Waals surface area contributed by atoms with E-state index in [9.17, 15) is 18.4 Å². The number of hydrogen-bond donors (Lipinski definition) is 3. The highest BCUT2D eigenvalue weighted by atomic mass is 19.3. The molecule has 2 unspecified atom stereocenters. The molecule has 0 heterocycles. The Bertz CT molecular complexity index is 250. The fraction of sp³-hybridized carbons (Fsp3) is 0.750. The normalized spacial score (nSPS) is 14.4. The minimum absolute atomic E-state index is 0.0550. The van der Waals surface area contributed by atoms with Crippen LogP contribution in [0, 0.1) is 0 Å². The number of nitrogens with two attached hydrogens (primary N) is 1. The second kappa shape index (κ2) is 7.07. The van der Waals surface area contributed by atoms with E-state index in [0.29, 0.717) is 0 Å². The zero-order valence-corrected chi connectivity index (χ0v) is 8.65. The average molecular weight is 240 g/mol. The van der Waals surface area contributed by atoms with E-state index in [0.717, 1.165) is 0 Å². The monoisotopic (exact) mass is 240 g/mol. The number of hydrogen-bond acceptors (Lipinski definition) is 5. The molecule has 0 spiro atoms. The molecule has 0 rings (SSSR count). The van der Waals surface area contributed by atoms with Gasteiger partial charge in [-0.2, -0.15) is 0 Å². The molecule has 0 aliphatic heterocycles. The summed E-state index contributed by atoms with van der Waals surface area (Å²) in [6, 6.07) is -1.58. The molecule has 1 amide bonds. The van der Waals surface area contributed by atoms with Gasteiger partial charge >= 0.3 is 5.97 Å². The summed E-state index contributed by atoms with van der Waals surface area (Å²) in [6.07, 6.45) is -4.96. The summed E-state index contributed by atoms with van der Waals surface area (Å²) in [6.45, 7) is 0.909. The van der Waals surface area contributed by atoms with E-state index in [1.165, 1.54) is 6.92 Å². The van der Waals surface area contributed by atoms with Gasteiger partial charge in [-0.3, -0.25) is 4.79 Å². The fourth-order valence-corrected chi connectivity index (χ4v) is 0.743. The van der Waals surface area contributed by atoms with Crippen LogP contribution in [0.3, 0.4) is 0 Å². The maximum absolute atomic E-state index is 11.8. The van der Waals surface area contributed by atoms with Gasteiger partial charge in [-0.1, -0.05) is 0 Å². The lowest BCUT2D eigenvalue weighted by atomic mass is 10.3. The molecule has 0 saturated heterocycles. The Morgan fingerprint density at radius 1 is 1.50 bits per heavy atom. The molecule has 0 aromatic heterocycles. The largest absolute Gasteiger partial charge is 0.464 e. The Kier molecular flexibility index (Phi) is 6.50. The van der Waals surface area contributed by atoms with E-state index in [-0.39, 0.29) is 6.61 Å². The predicted octanol–water partition coefficient (Wildman–Crippen LogP) is -1.38. The highest BCUT2D eigenvalue weighted by molar-refractivity contribution is 6.01. The molecule has 2 atom stereocenters. The van der Waals surface area contributed by atoms with Crippen molar-refractivity contribution < 1.29 is 28.2 Å². The number of ether oxygens (including phenoxy) is 1. The van der Waals surface area contributed by atoms with Crippen LogP contribution in [0.15, 0.2) is 0 Å². The Labute approximate surface area is 90.7 Å². The predicted molar refractivity (Wildman–Crippen MR) is 49.6 cm³/mol. The van der Waals surface area contributed by atoms with Crippen molar-refractivity contribution in [3.63, 3.8) is 0 Å². The Balaban J connectivity index is 4.01. The van der Waals surface area contributed by atoms with Crippen LogP contribution in [-0.4, -0.2) is 48.7 Å². The van der Waals surface area contributed by atoms with Crippen molar-refractivity contribution in [1.29, 1.82) is 0 Å². The second-order valence-corrected chi connectivity index (χ2v) is 2.88. The van der Waals surface area contributed by atoms with Gasteiger partial charge in [-0.15, -0.1) is 0 Å². The molecule has 4 N–H and O–H groups in total. The number of amides is 1. The van der Waals surface area contributed by atoms with Crippen LogP contribution in [0.2, 0.25) is 0 Å². The fourth-order valence-electron chi connectivity index (χ4n) is 0.743. The molecule has 94 valence electrons. The zero-order chi connectivity index (χ0) is 12.7. The van der Waals surface area contributed by atoms with Crippen LogP contribution in [0.4, 0.5) is 8.78 Å². The Morgan fingerprint density at radius 3 is 2.50 bits per heavy atom. The molecule has 8 heteroatoms. The van der Waals surface area contributed by atoms with Gasteiger partial charge in [-0.25, -0.2) is 13.6 Å². The first kappa shape index (κ1) is 14.7. The summed E-state index contributed by atoms with van der Waals surface area (Å²) in [4.78, 5) is 22.0. The first-order valence-corrected chi connectivity index (χ1v) is 4.56. The van der Waals surface area contributed by atoms with Crippen molar-refractivity contribution in [1.82, 2.24) is 5.32 Å². The first-order valence-electron chi connectivity index (χ1n) is 4.56. The van der Waals surface area contributed by atoms with E-state index in [2.05, 4.69) is 4.74 Å². The Hall–Kier alpha value is -1.28. The first-order chi connectivity index (χ1) is 7.40. The third-order valence-electron chi connectivity index (χ3n) is 1.60. The van der Waals surface area contributed by atoms with Gasteiger partial charge in [0, 0.05) is 6.54 Å². The molecule has 0 aliphatic rings. The number of halogens is 2. The van der Waals surface area contributed by atoms with Crippen molar-refractivity contribution in [3.8, 4) is 0 Å². The molecule has 0 aromatic carbocycles. The number of esters is 1. The van der Waals surface area contributed by atoms with E-state index >= 15 is 0 Å². The van der Waals surface area contributed by atoms with E-state index in [4.69, 9.17) is 10.8 Å². The van der Waals surface area contributed by atoms with Crippen molar-refractivity contribution in [2.75, 3.05) is 13.2 Å². The molecule has 0 radical (unpaired) electrons. The van der Waals surface area contributed by atoms with E-state index < -0.39 is 37.0 Å². The maximum atomic E-state index is 11.8. The zero-order valence-electron chi connectivity index (χ0n) is 8.65. The topological polar surface area (TPSA) is 102 Å². The van der Waals surface area contributed by atoms with Crippen molar-refractivity contribution in [3.05, 3.63) is 0 Å². The van der Waals surface area contributed by atoms with Gasteiger partial charge in [-0.05, 0) is 6.92 Å². The smallest absolute Gasteiger partial charge is 0.332 e. The van der Waals surface area contributed by atoms with Gasteiger partial charge in [0.2, 0.25) is 5.91 Å². The highest BCUT2D eigenvalue weighted by Gasteiger charge is 2.25. The molecular weight excluding hydrogens is 226 g/mol. The van der Waals surface area contributed by atoms with Crippen LogP contribution in [0.1, 0.15) is 6.92 Å². The van der Waals surface area contributed by atoms with Gasteiger partial charge < -0.3 is 20.9 Å². The van der Waals surface area contributed by atoms with E-state index in [1.807, 2.05) is 5.32 Å². The molecule has 0 fully saturated rings. The minimum atomic E-state index is -2.97. The molecule has 6 nitrogen and oxygen atoms in total. The summed E-state index contributed by atoms with van der Waals surface area (Å²) in [7, 11) is 0. The van der Waals surface area contributed by atoms with Crippen LogP contribution in [-0.2, 0) is 14.3 Å². The number of aliphatic hydroxyl groups is 1. The van der Waals surface area contributed by atoms with Gasteiger partial charge in [0.1, 0.15) is 6.10 Å². The molecular formula is C8H14F2N2O4. The number of nitrogens with one attached hydrogen (secondary N) is 1. The van der Waals surface area contributed by atoms with Gasteiger partial charge in [0.05, 0.1) is 6.61 Å². The van der Waals surface area contributed by atoms with Crippen LogP contribution in [0.5, 0.6) is 0 Å². The summed E-state index contributed by atoms with van der Waals surface area (Å²) in [5.74, 6) is -1.93. The van der Waals surface area contributed by atoms with Crippen molar-refractivity contribution >= 4 is 11.9 Å². The number of alkyl halides is 2. The maximum Gasteiger partial charge on any atom is 0.332 e. The summed E-state index contributed by atoms with van der Waals surface area (Å²) >= 11 is 0. The number of carbonyl (C=O) groups excluding carboxylic acids is 2.